The molecule has 2 heterocycles. The Morgan fingerprint density at radius 2 is 2.05 bits per heavy atom. The van der Waals surface area contributed by atoms with Crippen molar-refractivity contribution in [2.24, 2.45) is 0 Å². The maximum absolute atomic E-state index is 12.2. The molecule has 0 saturated carbocycles. The van der Waals surface area contributed by atoms with E-state index < -0.39 is 5.60 Å². The minimum Gasteiger partial charge on any atom is -0.444 e. The smallest absolute Gasteiger partial charge is 0.410 e. The lowest BCUT2D eigenvalue weighted by Gasteiger charge is -2.40. The Bertz CT molecular complexity index is 554. The zero-order valence-electron chi connectivity index (χ0n) is 14.1. The van der Waals surface area contributed by atoms with Gasteiger partial charge in [0.25, 0.3) is 0 Å². The van der Waals surface area contributed by atoms with Crippen molar-refractivity contribution in [1.82, 2.24) is 9.88 Å². The van der Waals surface area contributed by atoms with E-state index in [9.17, 15) is 4.79 Å². The van der Waals surface area contributed by atoms with E-state index in [0.717, 1.165) is 24.6 Å². The first-order chi connectivity index (χ1) is 10.2. The molecule has 1 amide bonds. The third-order valence-corrected chi connectivity index (χ3v) is 3.69. The van der Waals surface area contributed by atoms with Gasteiger partial charge in [0.1, 0.15) is 11.4 Å². The number of ether oxygens (including phenoxy) is 1. The molecule has 6 nitrogen and oxygen atoms in total. The van der Waals surface area contributed by atoms with Crippen LogP contribution >= 0.6 is 0 Å². The third kappa shape index (κ3) is 3.81. The largest absolute Gasteiger partial charge is 0.444 e. The van der Waals surface area contributed by atoms with Crippen LogP contribution in [-0.4, -0.2) is 47.3 Å². The Labute approximate surface area is 132 Å². The first-order valence-corrected chi connectivity index (χ1v) is 7.65. The predicted molar refractivity (Wildman–Crippen MR) is 88.0 cm³/mol. The molecule has 2 rings (SSSR count). The van der Waals surface area contributed by atoms with Crippen LogP contribution in [0.5, 0.6) is 0 Å². The molecular weight excluding hydrogens is 280 g/mol. The molecular formula is C16H26N4O2. The minimum absolute atomic E-state index is 0.0725. The summed E-state index contributed by atoms with van der Waals surface area (Å²) in [7, 11) is 0. The Hall–Kier alpha value is -1.98. The maximum Gasteiger partial charge on any atom is 0.410 e. The van der Waals surface area contributed by atoms with Gasteiger partial charge in [0, 0.05) is 25.7 Å². The fraction of sp³-hybridized carbons (Fsp3) is 0.625. The number of rotatable bonds is 1. The molecule has 0 radical (unpaired) electrons. The molecule has 1 atom stereocenters. The topological polar surface area (TPSA) is 71.7 Å². The number of hydrogen-bond acceptors (Lipinski definition) is 5. The highest BCUT2D eigenvalue weighted by Gasteiger charge is 2.31. The van der Waals surface area contributed by atoms with Crippen LogP contribution in [0.2, 0.25) is 0 Å². The number of carbonyl (C=O) groups excluding carboxylic acids is 1. The Kier molecular flexibility index (Phi) is 4.49. The number of anilines is 2. The SMILES string of the molecule is Cc1nc(N2CCN(C(=O)OC(C)(C)C)[C@H](C)C2)ccc1N. The molecule has 0 unspecified atom stereocenters. The second kappa shape index (κ2) is 6.02. The molecule has 0 aliphatic carbocycles. The summed E-state index contributed by atoms with van der Waals surface area (Å²) in [6.07, 6.45) is -0.249. The normalized spacial score (nSPS) is 19.2. The standard InChI is InChI=1S/C16H26N4O2/c1-11-10-19(14-7-6-13(17)12(2)18-14)8-9-20(11)15(21)22-16(3,4)5/h6-7,11H,8-10,17H2,1-5H3/t11-/m1/s1. The molecule has 0 spiro atoms. The highest BCUT2D eigenvalue weighted by atomic mass is 16.6. The number of nitrogens with zero attached hydrogens (tertiary/aromatic N) is 3. The third-order valence-electron chi connectivity index (χ3n) is 3.69. The Morgan fingerprint density at radius 1 is 1.36 bits per heavy atom. The summed E-state index contributed by atoms with van der Waals surface area (Å²) in [6.45, 7) is 11.7. The summed E-state index contributed by atoms with van der Waals surface area (Å²) in [5, 5.41) is 0. The van der Waals surface area contributed by atoms with E-state index in [0.29, 0.717) is 12.2 Å². The quantitative estimate of drug-likeness (QED) is 0.862. The lowest BCUT2D eigenvalue weighted by atomic mass is 10.2. The van der Waals surface area contributed by atoms with Crippen molar-refractivity contribution in [2.75, 3.05) is 30.3 Å². The van der Waals surface area contributed by atoms with Crippen LogP contribution in [-0.2, 0) is 4.74 Å². The van der Waals surface area contributed by atoms with Crippen molar-refractivity contribution < 1.29 is 9.53 Å². The van der Waals surface area contributed by atoms with Gasteiger partial charge in [0.2, 0.25) is 0 Å². The lowest BCUT2D eigenvalue weighted by molar-refractivity contribution is 0.0158. The van der Waals surface area contributed by atoms with Crippen LogP contribution in [0.3, 0.4) is 0 Å². The second-order valence-corrected chi connectivity index (χ2v) is 6.81. The fourth-order valence-corrected chi connectivity index (χ4v) is 2.49. The first-order valence-electron chi connectivity index (χ1n) is 7.65. The van der Waals surface area contributed by atoms with E-state index in [2.05, 4.69) is 9.88 Å². The van der Waals surface area contributed by atoms with E-state index >= 15 is 0 Å². The van der Waals surface area contributed by atoms with E-state index in [1.807, 2.05) is 46.8 Å². The molecule has 1 saturated heterocycles. The van der Waals surface area contributed by atoms with Crippen LogP contribution in [0.4, 0.5) is 16.3 Å². The van der Waals surface area contributed by atoms with Crippen LogP contribution in [0.15, 0.2) is 12.1 Å². The molecule has 1 aliphatic rings. The van der Waals surface area contributed by atoms with Gasteiger partial charge < -0.3 is 20.3 Å². The summed E-state index contributed by atoms with van der Waals surface area (Å²) in [4.78, 5) is 20.7. The minimum atomic E-state index is -0.469. The van der Waals surface area contributed by atoms with E-state index in [-0.39, 0.29) is 12.1 Å². The summed E-state index contributed by atoms with van der Waals surface area (Å²) in [6, 6.07) is 3.88. The van der Waals surface area contributed by atoms with E-state index in [1.165, 1.54) is 0 Å². The first kappa shape index (κ1) is 16.4. The van der Waals surface area contributed by atoms with Crippen LogP contribution in [0.25, 0.3) is 0 Å². The number of piperazine rings is 1. The van der Waals surface area contributed by atoms with Gasteiger partial charge in [-0.1, -0.05) is 0 Å². The van der Waals surface area contributed by atoms with Gasteiger partial charge in [-0.25, -0.2) is 9.78 Å². The summed E-state index contributed by atoms with van der Waals surface area (Å²) in [5.74, 6) is 0.905. The van der Waals surface area contributed by atoms with Crippen LogP contribution < -0.4 is 10.6 Å². The van der Waals surface area contributed by atoms with Crippen molar-refractivity contribution in [3.05, 3.63) is 17.8 Å². The molecule has 1 aliphatic heterocycles. The summed E-state index contributed by atoms with van der Waals surface area (Å²) >= 11 is 0. The number of aryl methyl sites for hydroxylation is 1. The average molecular weight is 306 g/mol. The van der Waals surface area contributed by atoms with Gasteiger partial charge in [-0.2, -0.15) is 0 Å². The van der Waals surface area contributed by atoms with Crippen LogP contribution in [0, 0.1) is 6.92 Å². The molecule has 1 aromatic rings. The van der Waals surface area contributed by atoms with Crippen molar-refractivity contribution in [3.8, 4) is 0 Å². The van der Waals surface area contributed by atoms with Crippen LogP contribution in [0.1, 0.15) is 33.4 Å². The summed E-state index contributed by atoms with van der Waals surface area (Å²) < 4.78 is 5.46. The van der Waals surface area contributed by atoms with E-state index in [4.69, 9.17) is 10.5 Å². The molecule has 0 aromatic carbocycles. The second-order valence-electron chi connectivity index (χ2n) is 6.81. The number of aromatic nitrogens is 1. The average Bonchev–Trinajstić information content (AvgIpc) is 2.39. The van der Waals surface area contributed by atoms with Gasteiger partial charge >= 0.3 is 6.09 Å². The number of amides is 1. The number of nitrogen functional groups attached to an aromatic ring is 1. The van der Waals surface area contributed by atoms with E-state index in [1.54, 1.807) is 4.90 Å². The number of hydrogen-bond donors (Lipinski definition) is 1. The van der Waals surface area contributed by atoms with Gasteiger partial charge in [-0.3, -0.25) is 0 Å². The highest BCUT2D eigenvalue weighted by Crippen LogP contribution is 2.21. The fourth-order valence-electron chi connectivity index (χ4n) is 2.49. The van der Waals surface area contributed by atoms with Gasteiger partial charge in [0.05, 0.1) is 11.4 Å². The maximum atomic E-state index is 12.2. The number of pyridine rings is 1. The van der Waals surface area contributed by atoms with Crippen molar-refractivity contribution in [1.29, 1.82) is 0 Å². The van der Waals surface area contributed by atoms with Gasteiger partial charge in [-0.05, 0) is 46.8 Å². The van der Waals surface area contributed by atoms with Crippen molar-refractivity contribution in [3.63, 3.8) is 0 Å². The number of nitrogens with two attached hydrogens (primary N) is 1. The Balaban J connectivity index is 2.03. The highest BCUT2D eigenvalue weighted by molar-refractivity contribution is 5.69. The molecule has 6 heteroatoms. The predicted octanol–water partition coefficient (Wildman–Crippen LogP) is 2.42. The van der Waals surface area contributed by atoms with Crippen molar-refractivity contribution in [2.45, 2.75) is 46.3 Å². The van der Waals surface area contributed by atoms with Gasteiger partial charge in [-0.15, -0.1) is 0 Å². The molecule has 2 N–H and O–H groups in total. The molecule has 1 fully saturated rings. The monoisotopic (exact) mass is 306 g/mol. The number of carbonyl (C=O) groups is 1. The molecule has 0 bridgehead atoms. The lowest BCUT2D eigenvalue weighted by Crippen LogP contribution is -2.55. The molecule has 1 aromatic heterocycles. The zero-order chi connectivity index (χ0) is 16.5. The Morgan fingerprint density at radius 3 is 2.59 bits per heavy atom. The van der Waals surface area contributed by atoms with Gasteiger partial charge in [0.15, 0.2) is 0 Å². The van der Waals surface area contributed by atoms with Crippen molar-refractivity contribution >= 4 is 17.6 Å². The summed E-state index contributed by atoms with van der Waals surface area (Å²) in [5.41, 5.74) is 6.88. The molecule has 122 valence electrons. The molecule has 22 heavy (non-hydrogen) atoms. The zero-order valence-corrected chi connectivity index (χ0v) is 14.1.